The molecule has 0 spiro atoms. The van der Waals surface area contributed by atoms with E-state index in [4.69, 9.17) is 4.52 Å². The van der Waals surface area contributed by atoms with E-state index in [1.165, 1.54) is 0 Å². The van der Waals surface area contributed by atoms with Crippen molar-refractivity contribution in [1.29, 1.82) is 0 Å². The van der Waals surface area contributed by atoms with Crippen molar-refractivity contribution >= 4 is 22.6 Å². The first-order valence-electron chi connectivity index (χ1n) is 9.56. The maximum absolute atomic E-state index is 12.4. The number of aromatic nitrogens is 4. The lowest BCUT2D eigenvalue weighted by Gasteiger charge is -2.08. The minimum atomic E-state index is -0.634. The topological polar surface area (TPSA) is 143 Å². The molecule has 0 aliphatic heterocycles. The normalized spacial score (nSPS) is 10.7. The third-order valence-electron chi connectivity index (χ3n) is 4.52. The Hall–Kier alpha value is -4.34. The Morgan fingerprint density at radius 1 is 0.968 bits per heavy atom. The summed E-state index contributed by atoms with van der Waals surface area (Å²) < 4.78 is 5.21. The van der Waals surface area contributed by atoms with Crippen LogP contribution in [0.25, 0.3) is 22.2 Å². The second kappa shape index (κ2) is 8.99. The Balaban J connectivity index is 1.28. The van der Waals surface area contributed by atoms with Crippen LogP contribution in [0.5, 0.6) is 0 Å². The van der Waals surface area contributed by atoms with Gasteiger partial charge in [-0.15, -0.1) is 0 Å². The van der Waals surface area contributed by atoms with Gasteiger partial charge >= 0.3 is 0 Å². The van der Waals surface area contributed by atoms with E-state index < -0.39 is 11.5 Å². The number of nitrogens with one attached hydrogen (secondary N) is 3. The van der Waals surface area contributed by atoms with Crippen LogP contribution in [-0.2, 0) is 11.2 Å². The SMILES string of the molecule is O=C(CCCc1nc(-c2ccccc2)no1)NNC(=O)c1n[nH]c(=O)c2ccccc12. The molecule has 3 N–H and O–H groups in total. The van der Waals surface area contributed by atoms with E-state index in [9.17, 15) is 14.4 Å². The fraction of sp³-hybridized carbons (Fsp3) is 0.143. The Bertz CT molecular complexity index is 1280. The van der Waals surface area contributed by atoms with Crippen molar-refractivity contribution in [3.8, 4) is 11.4 Å². The lowest BCUT2D eigenvalue weighted by molar-refractivity contribution is -0.121. The first-order valence-corrected chi connectivity index (χ1v) is 9.56. The molecule has 0 radical (unpaired) electrons. The Kier molecular flexibility index (Phi) is 5.79. The largest absolute Gasteiger partial charge is 0.339 e. The van der Waals surface area contributed by atoms with E-state index in [0.717, 1.165) is 5.56 Å². The van der Waals surface area contributed by atoms with Crippen LogP contribution < -0.4 is 16.4 Å². The summed E-state index contributed by atoms with van der Waals surface area (Å²) in [7, 11) is 0. The van der Waals surface area contributed by atoms with Crippen molar-refractivity contribution in [2.45, 2.75) is 19.3 Å². The zero-order chi connectivity index (χ0) is 21.6. The van der Waals surface area contributed by atoms with Gasteiger partial charge in [0.05, 0.1) is 5.39 Å². The molecular weight excluding hydrogens is 400 g/mol. The molecule has 10 heteroatoms. The second-order valence-corrected chi connectivity index (χ2v) is 6.68. The van der Waals surface area contributed by atoms with Crippen LogP contribution in [0.3, 0.4) is 0 Å². The van der Waals surface area contributed by atoms with Gasteiger partial charge in [-0.2, -0.15) is 10.1 Å². The molecule has 4 rings (SSSR count). The smallest absolute Gasteiger partial charge is 0.290 e. The molecule has 2 amide bonds. The summed E-state index contributed by atoms with van der Waals surface area (Å²) in [5.74, 6) is -0.0948. The minimum Gasteiger partial charge on any atom is -0.339 e. The van der Waals surface area contributed by atoms with E-state index in [2.05, 4.69) is 31.2 Å². The van der Waals surface area contributed by atoms with Gasteiger partial charge in [0.2, 0.25) is 17.6 Å². The van der Waals surface area contributed by atoms with Gasteiger partial charge in [0.1, 0.15) is 0 Å². The number of aromatic amines is 1. The van der Waals surface area contributed by atoms with Crippen LogP contribution in [0, 0.1) is 0 Å². The summed E-state index contributed by atoms with van der Waals surface area (Å²) in [5, 5.41) is 10.7. The van der Waals surface area contributed by atoms with Gasteiger partial charge in [0, 0.05) is 23.8 Å². The molecule has 156 valence electrons. The highest BCUT2D eigenvalue weighted by Crippen LogP contribution is 2.15. The van der Waals surface area contributed by atoms with Gasteiger partial charge in [0.15, 0.2) is 5.69 Å². The van der Waals surface area contributed by atoms with E-state index in [1.54, 1.807) is 24.3 Å². The number of hydrazine groups is 1. The molecule has 0 saturated heterocycles. The summed E-state index contributed by atoms with van der Waals surface area (Å²) in [5.41, 5.74) is 5.11. The first kappa shape index (κ1) is 20.0. The van der Waals surface area contributed by atoms with Crippen LogP contribution in [0.1, 0.15) is 29.2 Å². The van der Waals surface area contributed by atoms with E-state index in [0.29, 0.717) is 35.3 Å². The molecule has 0 unspecified atom stereocenters. The molecule has 31 heavy (non-hydrogen) atoms. The van der Waals surface area contributed by atoms with Crippen LogP contribution in [-0.4, -0.2) is 32.2 Å². The maximum atomic E-state index is 12.4. The highest BCUT2D eigenvalue weighted by atomic mass is 16.5. The number of carbonyl (C=O) groups is 2. The average Bonchev–Trinajstić information content (AvgIpc) is 3.27. The van der Waals surface area contributed by atoms with Crippen molar-refractivity contribution in [2.75, 3.05) is 0 Å². The maximum Gasteiger partial charge on any atom is 0.290 e. The average molecular weight is 418 g/mol. The summed E-state index contributed by atoms with van der Waals surface area (Å²) >= 11 is 0. The zero-order valence-electron chi connectivity index (χ0n) is 16.3. The second-order valence-electron chi connectivity index (χ2n) is 6.68. The van der Waals surface area contributed by atoms with Crippen molar-refractivity contribution in [1.82, 2.24) is 31.2 Å². The van der Waals surface area contributed by atoms with Crippen molar-refractivity contribution < 1.29 is 14.1 Å². The van der Waals surface area contributed by atoms with Crippen LogP contribution >= 0.6 is 0 Å². The molecule has 0 fully saturated rings. The number of hydrogen-bond acceptors (Lipinski definition) is 7. The quantitative estimate of drug-likeness (QED) is 0.405. The minimum absolute atomic E-state index is 0.00908. The summed E-state index contributed by atoms with van der Waals surface area (Å²) in [6, 6.07) is 16.0. The highest BCUT2D eigenvalue weighted by molar-refractivity contribution is 6.05. The van der Waals surface area contributed by atoms with Crippen LogP contribution in [0.4, 0.5) is 0 Å². The molecule has 0 atom stereocenters. The van der Waals surface area contributed by atoms with Crippen molar-refractivity contribution in [3.05, 3.63) is 76.5 Å². The number of hydrogen-bond donors (Lipinski definition) is 3. The number of nitrogens with zero attached hydrogens (tertiary/aromatic N) is 3. The number of benzene rings is 2. The van der Waals surface area contributed by atoms with Crippen molar-refractivity contribution in [2.24, 2.45) is 0 Å². The fourth-order valence-corrected chi connectivity index (χ4v) is 3.00. The number of amides is 2. The number of carbonyl (C=O) groups excluding carboxylic acids is 2. The first-order chi connectivity index (χ1) is 15.1. The summed E-state index contributed by atoms with van der Waals surface area (Å²) in [6.45, 7) is 0. The van der Waals surface area contributed by atoms with E-state index >= 15 is 0 Å². The van der Waals surface area contributed by atoms with Crippen molar-refractivity contribution in [3.63, 3.8) is 0 Å². The molecule has 0 saturated carbocycles. The molecular formula is C21H18N6O4. The Morgan fingerprint density at radius 3 is 2.52 bits per heavy atom. The molecule has 10 nitrogen and oxygen atoms in total. The molecule has 0 bridgehead atoms. The summed E-state index contributed by atoms with van der Waals surface area (Å²) in [4.78, 5) is 40.5. The Labute approximate surface area is 175 Å². The lowest BCUT2D eigenvalue weighted by Crippen LogP contribution is -2.42. The van der Waals surface area contributed by atoms with E-state index in [-0.39, 0.29) is 18.0 Å². The number of rotatable bonds is 6. The van der Waals surface area contributed by atoms with Crippen LogP contribution in [0.2, 0.25) is 0 Å². The molecule has 2 heterocycles. The summed E-state index contributed by atoms with van der Waals surface area (Å²) in [6.07, 6.45) is 1.02. The highest BCUT2D eigenvalue weighted by Gasteiger charge is 2.15. The molecule has 0 aliphatic rings. The zero-order valence-corrected chi connectivity index (χ0v) is 16.3. The molecule has 4 aromatic rings. The fourth-order valence-electron chi connectivity index (χ4n) is 3.00. The van der Waals surface area contributed by atoms with Gasteiger partial charge in [0.25, 0.3) is 11.5 Å². The predicted molar refractivity (Wildman–Crippen MR) is 111 cm³/mol. The number of fused-ring (bicyclic) bond motifs is 1. The number of aryl methyl sites for hydroxylation is 1. The molecule has 0 aliphatic carbocycles. The predicted octanol–water partition coefficient (Wildman–Crippen LogP) is 1.76. The van der Waals surface area contributed by atoms with Crippen LogP contribution in [0.15, 0.2) is 63.9 Å². The Morgan fingerprint density at radius 2 is 1.71 bits per heavy atom. The lowest BCUT2D eigenvalue weighted by atomic mass is 10.1. The standard InChI is InChI=1S/C21H18N6O4/c28-16(11-6-12-17-22-19(27-31-17)13-7-2-1-3-8-13)23-26-21(30)18-14-9-4-5-10-15(14)20(29)25-24-18/h1-5,7-10H,6,11-12H2,(H,23,28)(H,25,29)(H,26,30). The van der Waals surface area contributed by atoms with Gasteiger partial charge in [-0.1, -0.05) is 53.7 Å². The third kappa shape index (κ3) is 4.64. The monoisotopic (exact) mass is 418 g/mol. The van der Waals surface area contributed by atoms with Gasteiger partial charge in [-0.3, -0.25) is 25.2 Å². The van der Waals surface area contributed by atoms with Gasteiger partial charge < -0.3 is 4.52 Å². The number of H-pyrrole nitrogens is 1. The van der Waals surface area contributed by atoms with Gasteiger partial charge in [-0.25, -0.2) is 5.10 Å². The molecule has 2 aromatic carbocycles. The van der Waals surface area contributed by atoms with E-state index in [1.807, 2.05) is 30.3 Å². The third-order valence-corrected chi connectivity index (χ3v) is 4.52. The molecule has 2 aromatic heterocycles. The van der Waals surface area contributed by atoms with Gasteiger partial charge in [-0.05, 0) is 12.5 Å².